The summed E-state index contributed by atoms with van der Waals surface area (Å²) in [6, 6.07) is 26.0. The number of fused-ring (bicyclic) bond motifs is 4. The van der Waals surface area contributed by atoms with Crippen molar-refractivity contribution in [2.75, 3.05) is 6.54 Å². The quantitative estimate of drug-likeness (QED) is 0.494. The maximum atomic E-state index is 13.4. The monoisotopic (exact) mass is 407 g/mol. The molecule has 0 bridgehead atoms. The molecule has 0 spiro atoms. The fourth-order valence-electron chi connectivity index (χ4n) is 4.33. The number of aromatic nitrogens is 1. The molecule has 1 aliphatic rings. The molecule has 0 saturated carbocycles. The number of nitrogens with one attached hydrogen (secondary N) is 1. The topological polar surface area (TPSA) is 46.4 Å². The minimum Gasteiger partial charge on any atom is -0.354 e. The Morgan fingerprint density at radius 1 is 1.00 bits per heavy atom. The molecule has 5 rings (SSSR count). The van der Waals surface area contributed by atoms with Gasteiger partial charge in [0, 0.05) is 22.7 Å². The van der Waals surface area contributed by atoms with E-state index in [1.807, 2.05) is 54.6 Å². The lowest BCUT2D eigenvalue weighted by molar-refractivity contribution is -0.123. The molecule has 2 heterocycles. The predicted octanol–water partition coefficient (Wildman–Crippen LogP) is 4.24. The number of nitrogens with zero attached hydrogens (tertiary/aromatic N) is 2. The Labute approximate surface area is 181 Å². The van der Waals surface area contributed by atoms with Gasteiger partial charge >= 0.3 is 0 Å². The second-order valence-electron chi connectivity index (χ2n) is 7.90. The van der Waals surface area contributed by atoms with Crippen molar-refractivity contribution in [3.63, 3.8) is 0 Å². The fraction of sp³-hybridized carbons (Fsp3) is 0.185. The number of hydrogen-bond acceptors (Lipinski definition) is 2. The van der Waals surface area contributed by atoms with Crippen LogP contribution in [0.15, 0.2) is 83.9 Å². The van der Waals surface area contributed by atoms with Gasteiger partial charge in [-0.15, -0.1) is 0 Å². The molecule has 3 aromatic carbocycles. The molecule has 4 aromatic rings. The van der Waals surface area contributed by atoms with Gasteiger partial charge < -0.3 is 9.88 Å². The van der Waals surface area contributed by atoms with Crippen molar-refractivity contribution in [2.45, 2.75) is 25.8 Å². The molecule has 0 fully saturated rings. The molecule has 1 unspecified atom stereocenters. The van der Waals surface area contributed by atoms with E-state index in [1.165, 1.54) is 0 Å². The number of rotatable bonds is 5. The van der Waals surface area contributed by atoms with E-state index < -0.39 is 6.04 Å². The zero-order chi connectivity index (χ0) is 21.2. The molecule has 1 amide bonds. The molecule has 0 radical (unpaired) electrons. The van der Waals surface area contributed by atoms with Gasteiger partial charge in [-0.05, 0) is 30.2 Å². The van der Waals surface area contributed by atoms with Gasteiger partial charge in [0.25, 0.3) is 0 Å². The Balaban J connectivity index is 1.81. The minimum atomic E-state index is -0.441. The van der Waals surface area contributed by atoms with E-state index >= 15 is 0 Å². The van der Waals surface area contributed by atoms with Crippen molar-refractivity contribution in [1.29, 1.82) is 0 Å². The summed E-state index contributed by atoms with van der Waals surface area (Å²) in [6.45, 7) is 2.81. The van der Waals surface area contributed by atoms with Crippen molar-refractivity contribution in [1.82, 2.24) is 9.88 Å². The standard InChI is InChI=1S/C27H25N3O/c1-2-3-17-28-27(31)25-21-14-7-9-15-23(21)29-26-22(18-19-11-5-4-6-12-19)20-13-8-10-16-24(20)30(25)26/h4-16,18,25H,2-3,17H2,1H3,(H,28,31)/b22-18-. The van der Waals surface area contributed by atoms with Crippen molar-refractivity contribution in [3.8, 4) is 0 Å². The molecule has 154 valence electrons. The van der Waals surface area contributed by atoms with E-state index in [0.29, 0.717) is 6.54 Å². The number of carbonyl (C=O) groups is 1. The van der Waals surface area contributed by atoms with Crippen molar-refractivity contribution < 1.29 is 4.79 Å². The number of hydrogen-bond donors (Lipinski definition) is 1. The summed E-state index contributed by atoms with van der Waals surface area (Å²) in [6.07, 6.45) is 4.18. The zero-order valence-corrected chi connectivity index (χ0v) is 17.6. The zero-order valence-electron chi connectivity index (χ0n) is 17.6. The summed E-state index contributed by atoms with van der Waals surface area (Å²) in [7, 11) is 0. The van der Waals surface area contributed by atoms with Crippen LogP contribution in [-0.4, -0.2) is 17.0 Å². The van der Waals surface area contributed by atoms with Crippen LogP contribution in [0.3, 0.4) is 0 Å². The number of carbonyl (C=O) groups excluding carboxylic acids is 1. The highest BCUT2D eigenvalue weighted by Crippen LogP contribution is 2.32. The van der Waals surface area contributed by atoms with E-state index in [4.69, 9.17) is 4.99 Å². The van der Waals surface area contributed by atoms with Crippen molar-refractivity contribution in [3.05, 3.63) is 101 Å². The third-order valence-corrected chi connectivity index (χ3v) is 5.83. The smallest absolute Gasteiger partial charge is 0.247 e. The molecule has 0 aliphatic carbocycles. The molecular weight excluding hydrogens is 382 g/mol. The molecule has 1 N–H and O–H groups in total. The van der Waals surface area contributed by atoms with Crippen molar-refractivity contribution in [2.24, 2.45) is 4.99 Å². The van der Waals surface area contributed by atoms with Crippen LogP contribution >= 0.6 is 0 Å². The van der Waals surface area contributed by atoms with E-state index in [0.717, 1.165) is 51.3 Å². The first kappa shape index (κ1) is 19.3. The van der Waals surface area contributed by atoms with Crippen LogP contribution in [0, 0.1) is 0 Å². The second-order valence-corrected chi connectivity index (χ2v) is 7.90. The number of unbranched alkanes of at least 4 members (excludes halogenated alkanes) is 1. The number of para-hydroxylation sites is 2. The maximum Gasteiger partial charge on any atom is 0.247 e. The van der Waals surface area contributed by atoms with E-state index in [9.17, 15) is 4.79 Å². The van der Waals surface area contributed by atoms with E-state index in [1.54, 1.807) is 0 Å². The molecule has 1 atom stereocenters. The maximum absolute atomic E-state index is 13.4. The Morgan fingerprint density at radius 2 is 1.74 bits per heavy atom. The lowest BCUT2D eigenvalue weighted by atomic mass is 10.0. The van der Waals surface area contributed by atoms with Crippen LogP contribution < -0.4 is 16.0 Å². The summed E-state index contributed by atoms with van der Waals surface area (Å²) < 4.78 is 2.10. The number of amides is 1. The van der Waals surface area contributed by atoms with Crippen molar-refractivity contribution >= 4 is 28.6 Å². The molecule has 1 aliphatic heterocycles. The summed E-state index contributed by atoms with van der Waals surface area (Å²) in [4.78, 5) is 18.4. The van der Waals surface area contributed by atoms with Gasteiger partial charge in [-0.1, -0.05) is 80.1 Å². The van der Waals surface area contributed by atoms with Crippen LogP contribution in [0.1, 0.15) is 36.9 Å². The van der Waals surface area contributed by atoms with E-state index in [2.05, 4.69) is 47.1 Å². The number of benzene rings is 3. The summed E-state index contributed by atoms with van der Waals surface area (Å²) >= 11 is 0. The molecule has 1 aromatic heterocycles. The molecule has 31 heavy (non-hydrogen) atoms. The van der Waals surface area contributed by atoms with Crippen LogP contribution in [0.2, 0.25) is 0 Å². The lowest BCUT2D eigenvalue weighted by Gasteiger charge is -2.24. The Kier molecular flexibility index (Phi) is 5.13. The average Bonchev–Trinajstić information content (AvgIpc) is 3.11. The van der Waals surface area contributed by atoms with Gasteiger partial charge in [-0.25, -0.2) is 4.99 Å². The summed E-state index contributed by atoms with van der Waals surface area (Å²) in [5.74, 6) is 0.0177. The molecule has 4 heteroatoms. The van der Waals surface area contributed by atoms with Crippen LogP contribution in [0.5, 0.6) is 0 Å². The van der Waals surface area contributed by atoms with E-state index in [-0.39, 0.29) is 5.91 Å². The first-order valence-corrected chi connectivity index (χ1v) is 10.9. The third kappa shape index (κ3) is 3.44. The van der Waals surface area contributed by atoms with Gasteiger partial charge in [-0.3, -0.25) is 4.79 Å². The molecular formula is C27H25N3O. The van der Waals surface area contributed by atoms with Crippen LogP contribution in [-0.2, 0) is 4.79 Å². The second kappa shape index (κ2) is 8.23. The van der Waals surface area contributed by atoms with Gasteiger partial charge in [0.15, 0.2) is 0 Å². The highest BCUT2D eigenvalue weighted by Gasteiger charge is 2.30. The summed E-state index contributed by atoms with van der Waals surface area (Å²) in [5, 5.41) is 5.29. The Bertz CT molecular complexity index is 1370. The fourth-order valence-corrected chi connectivity index (χ4v) is 4.33. The third-order valence-electron chi connectivity index (χ3n) is 5.83. The first-order valence-electron chi connectivity index (χ1n) is 10.9. The highest BCUT2D eigenvalue weighted by atomic mass is 16.2. The summed E-state index contributed by atoms with van der Waals surface area (Å²) in [5.41, 5.74) is 4.76. The normalized spacial score (nSPS) is 15.3. The van der Waals surface area contributed by atoms with Gasteiger partial charge in [0.1, 0.15) is 11.5 Å². The van der Waals surface area contributed by atoms with Crippen LogP contribution in [0.4, 0.5) is 5.69 Å². The minimum absolute atomic E-state index is 0.0177. The first-order chi connectivity index (χ1) is 15.3. The van der Waals surface area contributed by atoms with Crippen LogP contribution in [0.25, 0.3) is 17.0 Å². The Morgan fingerprint density at radius 3 is 2.58 bits per heavy atom. The predicted molar refractivity (Wildman–Crippen MR) is 125 cm³/mol. The highest BCUT2D eigenvalue weighted by molar-refractivity contribution is 5.90. The molecule has 4 nitrogen and oxygen atoms in total. The lowest BCUT2D eigenvalue weighted by Crippen LogP contribution is -2.42. The molecule has 0 saturated heterocycles. The van der Waals surface area contributed by atoms with Gasteiger partial charge in [0.2, 0.25) is 5.91 Å². The van der Waals surface area contributed by atoms with Gasteiger partial charge in [-0.2, -0.15) is 0 Å². The Hall–Kier alpha value is -3.66. The van der Waals surface area contributed by atoms with Gasteiger partial charge in [0.05, 0.1) is 11.2 Å². The SMILES string of the molecule is CCCCNC(=O)C1c2ccccc2N=c2/c(=C\c3ccccc3)c3ccccc3n21. The largest absolute Gasteiger partial charge is 0.354 e. The average molecular weight is 408 g/mol.